The van der Waals surface area contributed by atoms with Gasteiger partial charge in [0, 0.05) is 31.3 Å². The second-order valence-electron chi connectivity index (χ2n) is 7.71. The van der Waals surface area contributed by atoms with Gasteiger partial charge >= 0.3 is 0 Å². The number of anilines is 1. The predicted octanol–water partition coefficient (Wildman–Crippen LogP) is 2.35. The van der Waals surface area contributed by atoms with Gasteiger partial charge in [-0.3, -0.25) is 9.69 Å². The van der Waals surface area contributed by atoms with Crippen molar-refractivity contribution in [3.63, 3.8) is 0 Å². The van der Waals surface area contributed by atoms with E-state index < -0.39 is 0 Å². The molecule has 25 heavy (non-hydrogen) atoms. The van der Waals surface area contributed by atoms with Gasteiger partial charge in [0.1, 0.15) is 0 Å². The van der Waals surface area contributed by atoms with Crippen molar-refractivity contribution in [1.29, 1.82) is 0 Å². The maximum Gasteiger partial charge on any atom is 0.224 e. The first kappa shape index (κ1) is 18.4. The van der Waals surface area contributed by atoms with Crippen molar-refractivity contribution in [2.24, 2.45) is 17.6 Å². The molecule has 0 spiro atoms. The van der Waals surface area contributed by atoms with Gasteiger partial charge in [0.05, 0.1) is 0 Å². The molecule has 1 amide bonds. The van der Waals surface area contributed by atoms with Crippen molar-refractivity contribution in [2.45, 2.75) is 51.1 Å². The largest absolute Gasteiger partial charge is 0.396 e. The summed E-state index contributed by atoms with van der Waals surface area (Å²) in [6, 6.07) is 8.32. The second kappa shape index (κ2) is 8.79. The number of hydrogen-bond donors (Lipinski definition) is 3. The van der Waals surface area contributed by atoms with Crippen molar-refractivity contribution in [1.82, 2.24) is 4.90 Å². The van der Waals surface area contributed by atoms with Crippen LogP contribution in [0.4, 0.5) is 5.69 Å². The maximum absolute atomic E-state index is 12.3. The zero-order valence-corrected chi connectivity index (χ0v) is 15.0. The molecule has 3 rings (SSSR count). The molecule has 5 heteroatoms. The summed E-state index contributed by atoms with van der Waals surface area (Å²) < 4.78 is 0. The molecular weight excluding hydrogens is 314 g/mol. The standard InChI is InChI=1S/C20H31N3O2/c21-19-6-2-4-17(19)12-20(25)22-18-5-1-3-16(11-18)13-23-9-7-15(14-24)8-10-23/h1,3,5,11,15,17,19,24H,2,4,6-10,12-14,21H2,(H,22,25)/t17-,19+/m0/s1. The van der Waals surface area contributed by atoms with E-state index in [1.807, 2.05) is 12.1 Å². The Bertz CT molecular complexity index is 570. The Morgan fingerprint density at radius 2 is 2.04 bits per heavy atom. The number of carbonyl (C=O) groups is 1. The van der Waals surface area contributed by atoms with Crippen LogP contribution in [-0.4, -0.2) is 41.7 Å². The average molecular weight is 345 g/mol. The average Bonchev–Trinajstić information content (AvgIpc) is 3.00. The summed E-state index contributed by atoms with van der Waals surface area (Å²) in [5.41, 5.74) is 8.16. The number of nitrogens with zero attached hydrogens (tertiary/aromatic N) is 1. The molecule has 0 bridgehead atoms. The number of nitrogens with one attached hydrogen (secondary N) is 1. The Labute approximate surface area is 150 Å². The molecule has 2 fully saturated rings. The van der Waals surface area contributed by atoms with Crippen LogP contribution in [0.2, 0.25) is 0 Å². The van der Waals surface area contributed by atoms with E-state index in [2.05, 4.69) is 22.3 Å². The highest BCUT2D eigenvalue weighted by molar-refractivity contribution is 5.91. The topological polar surface area (TPSA) is 78.6 Å². The van der Waals surface area contributed by atoms with E-state index in [9.17, 15) is 9.90 Å². The fraction of sp³-hybridized carbons (Fsp3) is 0.650. The number of carbonyl (C=O) groups excluding carboxylic acids is 1. The molecule has 4 N–H and O–H groups in total. The Kier molecular flexibility index (Phi) is 6.45. The molecule has 1 aromatic rings. The smallest absolute Gasteiger partial charge is 0.224 e. The zero-order valence-electron chi connectivity index (χ0n) is 15.0. The second-order valence-corrected chi connectivity index (χ2v) is 7.71. The van der Waals surface area contributed by atoms with Crippen LogP contribution in [0, 0.1) is 11.8 Å². The van der Waals surface area contributed by atoms with Crippen LogP contribution in [0.3, 0.4) is 0 Å². The minimum Gasteiger partial charge on any atom is -0.396 e. The van der Waals surface area contributed by atoms with Crippen LogP contribution in [0.15, 0.2) is 24.3 Å². The van der Waals surface area contributed by atoms with E-state index in [0.29, 0.717) is 24.9 Å². The first-order chi connectivity index (χ1) is 12.1. The van der Waals surface area contributed by atoms with Crippen molar-refractivity contribution < 1.29 is 9.90 Å². The predicted molar refractivity (Wildman–Crippen MR) is 100 cm³/mol. The number of rotatable bonds is 6. The van der Waals surface area contributed by atoms with Gasteiger partial charge in [-0.2, -0.15) is 0 Å². The van der Waals surface area contributed by atoms with Gasteiger partial charge in [0.15, 0.2) is 0 Å². The highest BCUT2D eigenvalue weighted by Crippen LogP contribution is 2.27. The van der Waals surface area contributed by atoms with Crippen LogP contribution < -0.4 is 11.1 Å². The molecule has 2 atom stereocenters. The summed E-state index contributed by atoms with van der Waals surface area (Å²) in [5.74, 6) is 0.864. The third kappa shape index (κ3) is 5.27. The van der Waals surface area contributed by atoms with E-state index in [-0.39, 0.29) is 11.9 Å². The molecule has 1 saturated carbocycles. The third-order valence-electron chi connectivity index (χ3n) is 5.75. The number of benzene rings is 1. The summed E-state index contributed by atoms with van der Waals surface area (Å²) in [7, 11) is 0. The summed E-state index contributed by atoms with van der Waals surface area (Å²) in [4.78, 5) is 14.7. The number of aliphatic hydroxyl groups is 1. The lowest BCUT2D eigenvalue weighted by molar-refractivity contribution is -0.117. The quantitative estimate of drug-likeness (QED) is 0.739. The first-order valence-electron chi connectivity index (χ1n) is 9.61. The highest BCUT2D eigenvalue weighted by Gasteiger charge is 2.26. The molecular formula is C20H31N3O2. The minimum atomic E-state index is 0.0725. The van der Waals surface area contributed by atoms with Crippen molar-refractivity contribution in [3.05, 3.63) is 29.8 Å². The van der Waals surface area contributed by atoms with Crippen LogP contribution >= 0.6 is 0 Å². The van der Waals surface area contributed by atoms with Gasteiger partial charge in [-0.05, 0) is 68.3 Å². The Hall–Kier alpha value is -1.43. The fourth-order valence-electron chi connectivity index (χ4n) is 4.10. The van der Waals surface area contributed by atoms with Crippen LogP contribution in [0.25, 0.3) is 0 Å². The van der Waals surface area contributed by atoms with Crippen LogP contribution in [0.5, 0.6) is 0 Å². The van der Waals surface area contributed by atoms with E-state index in [1.54, 1.807) is 0 Å². The normalized spacial score (nSPS) is 25.2. The molecule has 0 radical (unpaired) electrons. The molecule has 0 aromatic heterocycles. The number of hydrogen-bond acceptors (Lipinski definition) is 4. The zero-order chi connectivity index (χ0) is 17.6. The molecule has 1 aliphatic carbocycles. The van der Waals surface area contributed by atoms with Gasteiger partial charge in [-0.25, -0.2) is 0 Å². The lowest BCUT2D eigenvalue weighted by Gasteiger charge is -2.31. The monoisotopic (exact) mass is 345 g/mol. The first-order valence-corrected chi connectivity index (χ1v) is 9.61. The molecule has 5 nitrogen and oxygen atoms in total. The summed E-state index contributed by atoms with van der Waals surface area (Å²) in [5, 5.41) is 12.3. The van der Waals surface area contributed by atoms with Gasteiger partial charge in [-0.15, -0.1) is 0 Å². The van der Waals surface area contributed by atoms with Gasteiger partial charge < -0.3 is 16.2 Å². The third-order valence-corrected chi connectivity index (χ3v) is 5.75. The van der Waals surface area contributed by atoms with E-state index in [4.69, 9.17) is 5.73 Å². The van der Waals surface area contributed by atoms with Crippen molar-refractivity contribution >= 4 is 11.6 Å². The molecule has 1 saturated heterocycles. The fourth-order valence-corrected chi connectivity index (χ4v) is 4.10. The van der Waals surface area contributed by atoms with Gasteiger partial charge in [-0.1, -0.05) is 18.6 Å². The van der Waals surface area contributed by atoms with Crippen LogP contribution in [-0.2, 0) is 11.3 Å². The number of amides is 1. The van der Waals surface area contributed by atoms with E-state index in [0.717, 1.165) is 57.4 Å². The summed E-state index contributed by atoms with van der Waals surface area (Å²) in [6.45, 7) is 3.26. The van der Waals surface area contributed by atoms with E-state index in [1.165, 1.54) is 5.56 Å². The lowest BCUT2D eigenvalue weighted by atomic mass is 9.97. The Morgan fingerprint density at radius 1 is 1.24 bits per heavy atom. The molecule has 138 valence electrons. The molecule has 2 aliphatic rings. The number of likely N-dealkylation sites (tertiary alicyclic amines) is 1. The summed E-state index contributed by atoms with van der Waals surface area (Å²) >= 11 is 0. The highest BCUT2D eigenvalue weighted by atomic mass is 16.3. The summed E-state index contributed by atoms with van der Waals surface area (Å²) in [6.07, 6.45) is 5.91. The van der Waals surface area contributed by atoms with Crippen molar-refractivity contribution in [3.8, 4) is 0 Å². The van der Waals surface area contributed by atoms with Gasteiger partial charge in [0.2, 0.25) is 5.91 Å². The number of piperidine rings is 1. The number of aliphatic hydroxyl groups excluding tert-OH is 1. The lowest BCUT2D eigenvalue weighted by Crippen LogP contribution is -2.34. The molecule has 1 aliphatic heterocycles. The maximum atomic E-state index is 12.3. The van der Waals surface area contributed by atoms with Gasteiger partial charge in [0.25, 0.3) is 0 Å². The Morgan fingerprint density at radius 3 is 2.72 bits per heavy atom. The Balaban J connectivity index is 1.50. The van der Waals surface area contributed by atoms with E-state index >= 15 is 0 Å². The SMILES string of the molecule is N[C@@H]1CCC[C@H]1CC(=O)Nc1cccc(CN2CCC(CO)CC2)c1. The van der Waals surface area contributed by atoms with Crippen LogP contribution in [0.1, 0.15) is 44.1 Å². The minimum absolute atomic E-state index is 0.0725. The van der Waals surface area contributed by atoms with Crippen molar-refractivity contribution in [2.75, 3.05) is 25.0 Å². The number of nitrogens with two attached hydrogens (primary N) is 1. The molecule has 1 aromatic carbocycles. The molecule has 0 unspecified atom stereocenters. The molecule has 1 heterocycles.